The second-order valence-electron chi connectivity index (χ2n) is 3.45. The molecule has 0 fully saturated rings. The average molecular weight is 295 g/mol. The van der Waals surface area contributed by atoms with Gasteiger partial charge in [0.15, 0.2) is 11.6 Å². The summed E-state index contributed by atoms with van der Waals surface area (Å²) in [6, 6.07) is 4.44. The number of ketones is 1. The van der Waals surface area contributed by atoms with Crippen LogP contribution in [0.2, 0.25) is 0 Å². The molecule has 0 bridgehead atoms. The van der Waals surface area contributed by atoms with Gasteiger partial charge in [-0.1, -0.05) is 0 Å². The predicted molar refractivity (Wildman–Crippen MR) is 64.2 cm³/mol. The number of nitrogens with zero attached hydrogens (tertiary/aromatic N) is 2. The molecule has 0 saturated carbocycles. The fourth-order valence-electron chi connectivity index (χ4n) is 1.41. The Bertz CT molecular complexity index is 560. The van der Waals surface area contributed by atoms with Crippen LogP contribution >= 0.6 is 15.9 Å². The van der Waals surface area contributed by atoms with E-state index >= 15 is 0 Å². The van der Waals surface area contributed by atoms with Crippen molar-refractivity contribution in [1.82, 2.24) is 9.97 Å². The number of Topliss-reactive ketones (excluding diaryl/α,β-unsaturated/α-hetero) is 1. The van der Waals surface area contributed by atoms with Gasteiger partial charge in [0, 0.05) is 29.5 Å². The molecule has 2 aromatic rings. The second-order valence-corrected chi connectivity index (χ2v) is 4.36. The molecule has 0 aromatic carbocycles. The first-order valence-corrected chi connectivity index (χ1v) is 5.69. The smallest absolute Gasteiger partial charge is 0.188 e. The van der Waals surface area contributed by atoms with Crippen molar-refractivity contribution in [2.45, 2.75) is 6.42 Å². The van der Waals surface area contributed by atoms with Crippen molar-refractivity contribution in [2.75, 3.05) is 0 Å². The number of hydrogen-bond donors (Lipinski definition) is 0. The molecule has 0 aliphatic carbocycles. The van der Waals surface area contributed by atoms with Crippen molar-refractivity contribution in [3.63, 3.8) is 0 Å². The maximum absolute atomic E-state index is 13.3. The van der Waals surface area contributed by atoms with E-state index in [9.17, 15) is 9.18 Å². The molecular formula is C12H8BrFN2O. The van der Waals surface area contributed by atoms with Crippen LogP contribution in [-0.4, -0.2) is 15.8 Å². The van der Waals surface area contributed by atoms with E-state index in [1.165, 1.54) is 18.3 Å². The topological polar surface area (TPSA) is 42.9 Å². The van der Waals surface area contributed by atoms with E-state index < -0.39 is 5.82 Å². The van der Waals surface area contributed by atoms with Crippen molar-refractivity contribution in [1.29, 1.82) is 0 Å². The molecule has 2 rings (SSSR count). The highest BCUT2D eigenvalue weighted by Gasteiger charge is 2.13. The molecule has 0 N–H and O–H groups in total. The first kappa shape index (κ1) is 11.9. The van der Waals surface area contributed by atoms with Crippen LogP contribution in [0.25, 0.3) is 0 Å². The molecule has 5 heteroatoms. The summed E-state index contributed by atoms with van der Waals surface area (Å²) in [5.74, 6) is -0.955. The molecule has 0 spiro atoms. The highest BCUT2D eigenvalue weighted by molar-refractivity contribution is 9.10. The Morgan fingerprint density at radius 3 is 2.94 bits per heavy atom. The van der Waals surface area contributed by atoms with Gasteiger partial charge in [-0.25, -0.2) is 4.39 Å². The van der Waals surface area contributed by atoms with Gasteiger partial charge in [0.25, 0.3) is 0 Å². The monoisotopic (exact) mass is 294 g/mol. The minimum absolute atomic E-state index is 0.0837. The normalized spacial score (nSPS) is 10.2. The van der Waals surface area contributed by atoms with Crippen LogP contribution in [0.5, 0.6) is 0 Å². The number of halogens is 2. The van der Waals surface area contributed by atoms with Gasteiger partial charge in [-0.15, -0.1) is 0 Å². The van der Waals surface area contributed by atoms with E-state index in [0.717, 1.165) is 10.0 Å². The van der Waals surface area contributed by atoms with Gasteiger partial charge in [0.1, 0.15) is 5.69 Å². The Labute approximate surface area is 106 Å². The van der Waals surface area contributed by atoms with Crippen LogP contribution < -0.4 is 0 Å². The molecule has 0 unspecified atom stereocenters. The van der Waals surface area contributed by atoms with Crippen LogP contribution in [0.1, 0.15) is 16.1 Å². The number of carbonyl (C=O) groups excluding carboxylic acids is 1. The largest absolute Gasteiger partial charge is 0.292 e. The lowest BCUT2D eigenvalue weighted by Crippen LogP contribution is -2.08. The second kappa shape index (κ2) is 5.14. The minimum atomic E-state index is -0.597. The zero-order chi connectivity index (χ0) is 12.3. The fraction of sp³-hybridized carbons (Fsp3) is 0.0833. The van der Waals surface area contributed by atoms with E-state index in [0.29, 0.717) is 0 Å². The van der Waals surface area contributed by atoms with Crippen LogP contribution in [0.15, 0.2) is 41.3 Å². The summed E-state index contributed by atoms with van der Waals surface area (Å²) >= 11 is 3.26. The van der Waals surface area contributed by atoms with E-state index in [1.807, 2.05) is 0 Å². The Hall–Kier alpha value is -1.62. The van der Waals surface area contributed by atoms with Gasteiger partial charge in [0.05, 0.1) is 0 Å². The summed E-state index contributed by atoms with van der Waals surface area (Å²) in [7, 11) is 0. The molecule has 86 valence electrons. The van der Waals surface area contributed by atoms with Crippen molar-refractivity contribution < 1.29 is 9.18 Å². The van der Waals surface area contributed by atoms with Gasteiger partial charge >= 0.3 is 0 Å². The molecule has 0 aliphatic heterocycles. The molecule has 0 radical (unpaired) electrons. The number of pyridine rings is 2. The fourth-order valence-corrected chi connectivity index (χ4v) is 1.82. The summed E-state index contributed by atoms with van der Waals surface area (Å²) in [6.07, 6.45) is 4.68. The Kier molecular flexibility index (Phi) is 3.58. The maximum atomic E-state index is 13.3. The summed E-state index contributed by atoms with van der Waals surface area (Å²) in [4.78, 5) is 19.5. The third-order valence-corrected chi connectivity index (χ3v) is 2.58. The van der Waals surface area contributed by atoms with E-state index in [2.05, 4.69) is 25.9 Å². The van der Waals surface area contributed by atoms with Gasteiger partial charge in [-0.05, 0) is 39.7 Å². The van der Waals surface area contributed by atoms with E-state index in [1.54, 1.807) is 18.5 Å². The molecule has 0 atom stereocenters. The van der Waals surface area contributed by atoms with Crippen LogP contribution in [0.4, 0.5) is 4.39 Å². The Morgan fingerprint density at radius 1 is 1.41 bits per heavy atom. The minimum Gasteiger partial charge on any atom is -0.292 e. The predicted octanol–water partition coefficient (Wildman–Crippen LogP) is 2.80. The van der Waals surface area contributed by atoms with Crippen molar-refractivity contribution in [3.05, 3.63) is 58.3 Å². The van der Waals surface area contributed by atoms with Crippen molar-refractivity contribution in [2.24, 2.45) is 0 Å². The summed E-state index contributed by atoms with van der Waals surface area (Å²) in [5.41, 5.74) is 0.585. The van der Waals surface area contributed by atoms with Crippen LogP contribution in [0.3, 0.4) is 0 Å². The molecule has 3 nitrogen and oxygen atoms in total. The Balaban J connectivity index is 2.20. The molecule has 0 aliphatic rings. The van der Waals surface area contributed by atoms with Crippen molar-refractivity contribution >= 4 is 21.7 Å². The number of aromatic nitrogens is 2. The molecule has 0 saturated heterocycles. The summed E-state index contributed by atoms with van der Waals surface area (Å²) < 4.78 is 14.1. The summed E-state index contributed by atoms with van der Waals surface area (Å²) in [6.45, 7) is 0. The third kappa shape index (κ3) is 2.94. The number of hydrogen-bond acceptors (Lipinski definition) is 3. The van der Waals surface area contributed by atoms with Crippen LogP contribution in [-0.2, 0) is 6.42 Å². The third-order valence-electron chi connectivity index (χ3n) is 2.15. The maximum Gasteiger partial charge on any atom is 0.188 e. The average Bonchev–Trinajstić information content (AvgIpc) is 2.29. The Morgan fingerprint density at radius 2 is 2.24 bits per heavy atom. The zero-order valence-electron chi connectivity index (χ0n) is 8.73. The molecule has 2 heterocycles. The number of carbonyl (C=O) groups is 1. The first-order valence-electron chi connectivity index (χ1n) is 4.90. The van der Waals surface area contributed by atoms with Crippen molar-refractivity contribution in [3.8, 4) is 0 Å². The standard InChI is InChI=1S/C12H8BrFN2O/c13-9-4-8(6-15-7-9)5-11(17)12-10(14)2-1-3-16-12/h1-4,6-7H,5H2. The quantitative estimate of drug-likeness (QED) is 0.818. The first-order chi connectivity index (χ1) is 8.16. The van der Waals surface area contributed by atoms with Gasteiger partial charge < -0.3 is 0 Å². The molecular weight excluding hydrogens is 287 g/mol. The molecule has 17 heavy (non-hydrogen) atoms. The van der Waals surface area contributed by atoms with Gasteiger partial charge in [0.2, 0.25) is 0 Å². The lowest BCUT2D eigenvalue weighted by Gasteiger charge is -2.01. The summed E-state index contributed by atoms with van der Waals surface area (Å²) in [5, 5.41) is 0. The van der Waals surface area contributed by atoms with Crippen LogP contribution in [0, 0.1) is 5.82 Å². The lowest BCUT2D eigenvalue weighted by atomic mass is 10.1. The number of rotatable bonds is 3. The highest BCUT2D eigenvalue weighted by Crippen LogP contribution is 2.12. The van der Waals surface area contributed by atoms with E-state index in [-0.39, 0.29) is 17.9 Å². The highest BCUT2D eigenvalue weighted by atomic mass is 79.9. The van der Waals surface area contributed by atoms with Gasteiger partial charge in [-0.2, -0.15) is 0 Å². The molecule has 2 aromatic heterocycles. The van der Waals surface area contributed by atoms with E-state index in [4.69, 9.17) is 0 Å². The lowest BCUT2D eigenvalue weighted by molar-refractivity contribution is 0.0984. The zero-order valence-corrected chi connectivity index (χ0v) is 10.3. The van der Waals surface area contributed by atoms with Gasteiger partial charge in [-0.3, -0.25) is 14.8 Å². The molecule has 0 amide bonds. The SMILES string of the molecule is O=C(Cc1cncc(Br)c1)c1ncccc1F.